The fourth-order valence-corrected chi connectivity index (χ4v) is 2.51. The van der Waals surface area contributed by atoms with E-state index in [0.717, 1.165) is 24.1 Å². The van der Waals surface area contributed by atoms with E-state index in [1.807, 2.05) is 55.5 Å². The van der Waals surface area contributed by atoms with Crippen LogP contribution in [0.5, 0.6) is 11.5 Å². The van der Waals surface area contributed by atoms with Crippen molar-refractivity contribution in [3.63, 3.8) is 0 Å². The summed E-state index contributed by atoms with van der Waals surface area (Å²) in [6.45, 7) is 5.78. The van der Waals surface area contributed by atoms with E-state index in [0.29, 0.717) is 30.7 Å². The summed E-state index contributed by atoms with van der Waals surface area (Å²) in [7, 11) is 0. The predicted octanol–water partition coefficient (Wildman–Crippen LogP) is 3.81. The Labute approximate surface area is 158 Å². The average molecular weight is 365 g/mol. The molecule has 0 atom stereocenters. The second kappa shape index (κ2) is 9.47. The maximum atomic E-state index is 5.93. The largest absolute Gasteiger partial charge is 0.490 e. The van der Waals surface area contributed by atoms with Crippen LogP contribution in [0.2, 0.25) is 0 Å². The molecular formula is C20H23N5O2. The Kier molecular flexibility index (Phi) is 6.51. The number of aryl methyl sites for hydroxylation is 1. The molecule has 3 aromatic rings. The molecule has 0 N–H and O–H groups in total. The highest BCUT2D eigenvalue weighted by Gasteiger charge is 2.07. The Balaban J connectivity index is 1.74. The van der Waals surface area contributed by atoms with Crippen LogP contribution >= 0.6 is 0 Å². The van der Waals surface area contributed by atoms with Crippen LogP contribution in [-0.4, -0.2) is 33.0 Å². The summed E-state index contributed by atoms with van der Waals surface area (Å²) >= 11 is 0. The van der Waals surface area contributed by atoms with Gasteiger partial charge < -0.3 is 9.47 Å². The van der Waals surface area contributed by atoms with Crippen LogP contribution in [0, 0.1) is 0 Å². The summed E-state index contributed by atoms with van der Waals surface area (Å²) in [5.41, 5.74) is 1.99. The van der Waals surface area contributed by atoms with Gasteiger partial charge in [0.25, 0.3) is 5.95 Å². The lowest BCUT2D eigenvalue weighted by atomic mass is 10.2. The van der Waals surface area contributed by atoms with Crippen molar-refractivity contribution in [2.75, 3.05) is 6.61 Å². The van der Waals surface area contributed by atoms with Crippen LogP contribution in [0.1, 0.15) is 31.4 Å². The third-order valence-electron chi connectivity index (χ3n) is 3.78. The van der Waals surface area contributed by atoms with Gasteiger partial charge in [-0.25, -0.2) is 9.67 Å². The summed E-state index contributed by atoms with van der Waals surface area (Å²) in [6.07, 6.45) is 2.66. The molecule has 0 aliphatic heterocycles. The van der Waals surface area contributed by atoms with Crippen LogP contribution in [-0.2, 0) is 13.2 Å². The van der Waals surface area contributed by atoms with E-state index in [4.69, 9.17) is 9.47 Å². The Morgan fingerprint density at radius 1 is 1.04 bits per heavy atom. The quantitative estimate of drug-likeness (QED) is 0.539. The number of hydrogen-bond donors (Lipinski definition) is 0. The minimum Gasteiger partial charge on any atom is -0.490 e. The molecule has 1 aromatic heterocycles. The first kappa shape index (κ1) is 18.6. The number of aliphatic imine (C=N–C) groups is 1. The lowest BCUT2D eigenvalue weighted by Crippen LogP contribution is -2.00. The first-order valence-corrected chi connectivity index (χ1v) is 9.04. The monoisotopic (exact) mass is 365 g/mol. The fourth-order valence-electron chi connectivity index (χ4n) is 2.51. The topological polar surface area (TPSA) is 74.4 Å². The van der Waals surface area contributed by atoms with Crippen molar-refractivity contribution in [3.8, 4) is 11.5 Å². The number of aromatic nitrogens is 4. The zero-order valence-electron chi connectivity index (χ0n) is 15.6. The second-order valence-electron chi connectivity index (χ2n) is 5.87. The molecule has 3 rings (SSSR count). The summed E-state index contributed by atoms with van der Waals surface area (Å²) in [5.74, 6) is 1.87. The lowest BCUT2D eigenvalue weighted by molar-refractivity contribution is 0.269. The van der Waals surface area contributed by atoms with Crippen molar-refractivity contribution in [3.05, 3.63) is 59.7 Å². The van der Waals surface area contributed by atoms with Crippen molar-refractivity contribution >= 4 is 12.2 Å². The molecule has 0 aliphatic rings. The minimum atomic E-state index is 0.485. The number of nitrogens with zero attached hydrogens (tertiary/aromatic N) is 5. The number of tetrazole rings is 1. The fraction of sp³-hybridized carbons (Fsp3) is 0.300. The van der Waals surface area contributed by atoms with Gasteiger partial charge in [0.15, 0.2) is 11.5 Å². The maximum Gasteiger partial charge on any atom is 0.269 e. The van der Waals surface area contributed by atoms with Crippen LogP contribution in [0.25, 0.3) is 0 Å². The van der Waals surface area contributed by atoms with E-state index >= 15 is 0 Å². The molecule has 2 aromatic carbocycles. The highest BCUT2D eigenvalue weighted by atomic mass is 16.5. The van der Waals surface area contributed by atoms with Gasteiger partial charge in [0.2, 0.25) is 0 Å². The van der Waals surface area contributed by atoms with Gasteiger partial charge in [0.05, 0.1) is 6.61 Å². The van der Waals surface area contributed by atoms with E-state index < -0.39 is 0 Å². The van der Waals surface area contributed by atoms with Crippen molar-refractivity contribution in [2.24, 2.45) is 4.99 Å². The van der Waals surface area contributed by atoms with E-state index in [-0.39, 0.29) is 0 Å². The van der Waals surface area contributed by atoms with Gasteiger partial charge in [-0.3, -0.25) is 0 Å². The van der Waals surface area contributed by atoms with Gasteiger partial charge in [0, 0.05) is 12.8 Å². The molecule has 0 radical (unpaired) electrons. The number of rotatable bonds is 9. The van der Waals surface area contributed by atoms with E-state index in [1.54, 1.807) is 10.9 Å². The molecule has 140 valence electrons. The lowest BCUT2D eigenvalue weighted by Gasteiger charge is -2.12. The van der Waals surface area contributed by atoms with Crippen LogP contribution in [0.15, 0.2) is 53.5 Å². The second-order valence-corrected chi connectivity index (χ2v) is 5.87. The number of ether oxygens (including phenoxy) is 2. The zero-order valence-corrected chi connectivity index (χ0v) is 15.6. The van der Waals surface area contributed by atoms with E-state index in [9.17, 15) is 0 Å². The number of benzene rings is 2. The van der Waals surface area contributed by atoms with Crippen LogP contribution < -0.4 is 9.47 Å². The standard InChI is InChI=1S/C20H23N5O2/c1-3-12-25-20(22-23-24-25)21-14-17-10-11-18(19(13-17)26-4-2)27-15-16-8-6-5-7-9-16/h5-11,13-14H,3-4,12,15H2,1-2H3/b21-14+. The van der Waals surface area contributed by atoms with Crippen molar-refractivity contribution in [1.29, 1.82) is 0 Å². The van der Waals surface area contributed by atoms with E-state index in [2.05, 4.69) is 27.4 Å². The molecule has 0 unspecified atom stereocenters. The molecule has 0 spiro atoms. The average Bonchev–Trinajstić information content (AvgIpc) is 3.14. The third kappa shape index (κ3) is 5.13. The summed E-state index contributed by atoms with van der Waals surface area (Å²) in [5, 5.41) is 11.5. The molecule has 27 heavy (non-hydrogen) atoms. The molecular weight excluding hydrogens is 342 g/mol. The molecule has 7 heteroatoms. The van der Waals surface area contributed by atoms with Crippen molar-refractivity contribution < 1.29 is 9.47 Å². The zero-order chi connectivity index (χ0) is 18.9. The number of hydrogen-bond acceptors (Lipinski definition) is 6. The predicted molar refractivity (Wildman–Crippen MR) is 104 cm³/mol. The van der Waals surface area contributed by atoms with Gasteiger partial charge in [-0.2, -0.15) is 0 Å². The SMILES string of the molecule is CCCn1nnnc1/N=C/c1ccc(OCc2ccccc2)c(OCC)c1. The Morgan fingerprint density at radius 3 is 2.67 bits per heavy atom. The maximum absolute atomic E-state index is 5.93. The normalized spacial score (nSPS) is 11.0. The molecule has 0 bridgehead atoms. The van der Waals surface area contributed by atoms with Crippen LogP contribution in [0.3, 0.4) is 0 Å². The molecule has 1 heterocycles. The molecule has 0 aliphatic carbocycles. The van der Waals surface area contributed by atoms with Gasteiger partial charge >= 0.3 is 0 Å². The highest BCUT2D eigenvalue weighted by molar-refractivity contribution is 5.82. The van der Waals surface area contributed by atoms with Gasteiger partial charge in [-0.15, -0.1) is 0 Å². The van der Waals surface area contributed by atoms with Crippen LogP contribution in [0.4, 0.5) is 5.95 Å². The highest BCUT2D eigenvalue weighted by Crippen LogP contribution is 2.29. The van der Waals surface area contributed by atoms with Crippen molar-refractivity contribution in [1.82, 2.24) is 20.2 Å². The van der Waals surface area contributed by atoms with Gasteiger partial charge in [-0.05, 0) is 53.1 Å². The van der Waals surface area contributed by atoms with Gasteiger partial charge in [-0.1, -0.05) is 42.4 Å². The molecule has 7 nitrogen and oxygen atoms in total. The van der Waals surface area contributed by atoms with Crippen molar-refractivity contribution in [2.45, 2.75) is 33.4 Å². The first-order chi connectivity index (χ1) is 13.3. The summed E-state index contributed by atoms with van der Waals surface area (Å²) in [6, 6.07) is 15.8. The van der Waals surface area contributed by atoms with E-state index in [1.165, 1.54) is 0 Å². The Hall–Kier alpha value is -3.22. The Bertz CT molecular complexity index is 877. The third-order valence-corrected chi connectivity index (χ3v) is 3.78. The smallest absolute Gasteiger partial charge is 0.269 e. The summed E-state index contributed by atoms with van der Waals surface area (Å²) in [4.78, 5) is 4.39. The molecule has 0 saturated heterocycles. The molecule has 0 fully saturated rings. The summed E-state index contributed by atoms with van der Waals surface area (Å²) < 4.78 is 13.3. The first-order valence-electron chi connectivity index (χ1n) is 9.04. The van der Waals surface area contributed by atoms with Gasteiger partial charge in [0.1, 0.15) is 6.61 Å². The Morgan fingerprint density at radius 2 is 1.89 bits per heavy atom. The minimum absolute atomic E-state index is 0.485. The molecule has 0 amide bonds. The molecule has 0 saturated carbocycles.